The lowest BCUT2D eigenvalue weighted by Gasteiger charge is -2.13. The van der Waals surface area contributed by atoms with E-state index in [0.717, 1.165) is 39.5 Å². The van der Waals surface area contributed by atoms with Gasteiger partial charge in [0.25, 0.3) is 0 Å². The van der Waals surface area contributed by atoms with Gasteiger partial charge in [-0.25, -0.2) is 4.79 Å². The lowest BCUT2D eigenvalue weighted by Crippen LogP contribution is -2.25. The third-order valence-electron chi connectivity index (χ3n) is 6.02. The number of aliphatic imine (C=N–C) groups is 1. The molecule has 1 aliphatic rings. The van der Waals surface area contributed by atoms with E-state index in [9.17, 15) is 4.79 Å². The molecule has 0 aliphatic heterocycles. The molecule has 1 aliphatic carbocycles. The smallest absolute Gasteiger partial charge is 0.324 e. The molecular weight excluding hydrogens is 567 g/mol. The number of aromatic nitrogens is 1. The molecule has 0 unspecified atom stereocenters. The van der Waals surface area contributed by atoms with Crippen LogP contribution in [0.1, 0.15) is 43.6 Å². The maximum atomic E-state index is 9.88. The highest BCUT2D eigenvalue weighted by Gasteiger charge is 2.23. The second-order valence-corrected chi connectivity index (χ2v) is 9.95. The molecule has 2 amide bonds. The van der Waals surface area contributed by atoms with Gasteiger partial charge >= 0.3 is 6.03 Å². The van der Waals surface area contributed by atoms with Crippen molar-refractivity contribution in [2.24, 2.45) is 4.99 Å². The lowest BCUT2D eigenvalue weighted by atomic mass is 9.95. The molecule has 2 aromatic carbocycles. The number of amides is 2. The molecule has 1 heterocycles. The van der Waals surface area contributed by atoms with Crippen molar-refractivity contribution in [2.45, 2.75) is 33.3 Å². The van der Waals surface area contributed by atoms with Crippen molar-refractivity contribution < 1.29 is 14.1 Å². The molecule has 7 nitrogen and oxygen atoms in total. The molecular formula is C30H32Cl2N4O3S. The number of halogens is 2. The van der Waals surface area contributed by atoms with E-state index in [0.29, 0.717) is 21.3 Å². The number of allylic oxidation sites excluding steroid dienone is 6. The number of urea groups is 1. The summed E-state index contributed by atoms with van der Waals surface area (Å²) in [5.41, 5.74) is 6.44. The van der Waals surface area contributed by atoms with Crippen LogP contribution in [-0.4, -0.2) is 31.0 Å². The molecule has 40 heavy (non-hydrogen) atoms. The van der Waals surface area contributed by atoms with Crippen molar-refractivity contribution in [1.29, 1.82) is 0 Å². The Kier molecular flexibility index (Phi) is 11.5. The van der Waals surface area contributed by atoms with Crippen LogP contribution in [0.3, 0.4) is 0 Å². The number of carbonyl (C=O) groups excluding carboxylic acids is 1. The monoisotopic (exact) mass is 598 g/mol. The zero-order valence-electron chi connectivity index (χ0n) is 23.0. The standard InChI is InChI=1S/C28H26Cl2N2O2.C2H6N2OS/c1-5-18-15-20(11-14-25(18)31-4)19-9-12-21(13-10-19)33-16-22-27(32-34-28(22)17(2)3)26-23(29)7-6-8-24(26)30;1-3-2(5)4-6/h5-15,17H,16H2,1-4H3;6H,1H3,(H2,3,4,5)/b18-5-,31-25?;. The van der Waals surface area contributed by atoms with Gasteiger partial charge in [0.15, 0.2) is 0 Å². The number of hydrogen-bond acceptors (Lipinski definition) is 6. The minimum atomic E-state index is -0.293. The van der Waals surface area contributed by atoms with Crippen molar-refractivity contribution in [1.82, 2.24) is 15.2 Å². The summed E-state index contributed by atoms with van der Waals surface area (Å²) in [5.74, 6) is 1.64. The van der Waals surface area contributed by atoms with Gasteiger partial charge in [0.2, 0.25) is 0 Å². The first kappa shape index (κ1) is 31.1. The van der Waals surface area contributed by atoms with Crippen LogP contribution in [0.25, 0.3) is 16.8 Å². The highest BCUT2D eigenvalue weighted by Crippen LogP contribution is 2.39. The van der Waals surface area contributed by atoms with Gasteiger partial charge in [0.05, 0.1) is 21.3 Å². The van der Waals surface area contributed by atoms with Crippen molar-refractivity contribution >= 4 is 53.3 Å². The van der Waals surface area contributed by atoms with Gasteiger partial charge in [-0.2, -0.15) is 0 Å². The van der Waals surface area contributed by atoms with Gasteiger partial charge in [-0.1, -0.05) is 85.4 Å². The lowest BCUT2D eigenvalue weighted by molar-refractivity contribution is 0.248. The Morgan fingerprint density at radius 3 is 2.35 bits per heavy atom. The predicted molar refractivity (Wildman–Crippen MR) is 168 cm³/mol. The summed E-state index contributed by atoms with van der Waals surface area (Å²) in [6.07, 6.45) is 8.33. The summed E-state index contributed by atoms with van der Waals surface area (Å²) in [5, 5.41) is 7.62. The molecule has 210 valence electrons. The molecule has 0 saturated carbocycles. The Bertz CT molecular complexity index is 1430. The van der Waals surface area contributed by atoms with Gasteiger partial charge in [0.1, 0.15) is 23.8 Å². The number of ether oxygens (including phenoxy) is 1. The van der Waals surface area contributed by atoms with E-state index in [2.05, 4.69) is 77.2 Å². The van der Waals surface area contributed by atoms with Crippen LogP contribution >= 0.6 is 36.0 Å². The van der Waals surface area contributed by atoms with E-state index in [1.807, 2.05) is 25.1 Å². The molecule has 0 bridgehead atoms. The van der Waals surface area contributed by atoms with Gasteiger partial charge < -0.3 is 14.6 Å². The average molecular weight is 600 g/mol. The van der Waals surface area contributed by atoms with Gasteiger partial charge in [-0.15, -0.1) is 0 Å². The van der Waals surface area contributed by atoms with E-state index in [1.165, 1.54) is 7.05 Å². The summed E-state index contributed by atoms with van der Waals surface area (Å²) < 4.78 is 13.9. The van der Waals surface area contributed by atoms with E-state index < -0.39 is 0 Å². The molecule has 0 spiro atoms. The summed E-state index contributed by atoms with van der Waals surface area (Å²) in [6.45, 7) is 6.41. The third-order valence-corrected chi connectivity index (χ3v) is 6.85. The van der Waals surface area contributed by atoms with E-state index in [4.69, 9.17) is 32.5 Å². The van der Waals surface area contributed by atoms with Crippen LogP contribution in [0.5, 0.6) is 5.75 Å². The Labute approximate surface area is 250 Å². The molecule has 0 radical (unpaired) electrons. The van der Waals surface area contributed by atoms with Crippen LogP contribution in [0.15, 0.2) is 81.9 Å². The van der Waals surface area contributed by atoms with Crippen LogP contribution in [0.4, 0.5) is 4.79 Å². The maximum absolute atomic E-state index is 9.88. The van der Waals surface area contributed by atoms with Crippen molar-refractivity contribution in [2.75, 3.05) is 14.1 Å². The highest BCUT2D eigenvalue weighted by atomic mass is 35.5. The molecule has 1 aromatic heterocycles. The minimum absolute atomic E-state index is 0.130. The summed E-state index contributed by atoms with van der Waals surface area (Å²) >= 11 is 16.3. The minimum Gasteiger partial charge on any atom is -0.489 e. The fourth-order valence-corrected chi connectivity index (χ4v) is 4.65. The van der Waals surface area contributed by atoms with Crippen LogP contribution in [0.2, 0.25) is 10.0 Å². The molecule has 0 atom stereocenters. The summed E-state index contributed by atoms with van der Waals surface area (Å²) in [6, 6.07) is 13.1. The number of nitrogens with one attached hydrogen (secondary N) is 2. The summed E-state index contributed by atoms with van der Waals surface area (Å²) in [4.78, 5) is 14.2. The first-order chi connectivity index (χ1) is 19.2. The average Bonchev–Trinajstić information content (AvgIpc) is 3.39. The Morgan fingerprint density at radius 1 is 1.15 bits per heavy atom. The van der Waals surface area contributed by atoms with E-state index in [-0.39, 0.29) is 18.6 Å². The number of carbonyl (C=O) groups is 1. The third kappa shape index (κ3) is 7.59. The predicted octanol–water partition coefficient (Wildman–Crippen LogP) is 8.08. The Hall–Kier alpha value is -3.46. The first-order valence-electron chi connectivity index (χ1n) is 12.5. The number of nitrogens with zero attached hydrogens (tertiary/aromatic N) is 2. The normalized spacial score (nSPS) is 14.6. The van der Waals surface area contributed by atoms with Gasteiger partial charge in [0, 0.05) is 25.6 Å². The second kappa shape index (κ2) is 14.8. The Morgan fingerprint density at radius 2 is 1.82 bits per heavy atom. The zero-order chi connectivity index (χ0) is 29.2. The SMILES string of the molecule is C/C=C1/C=C(c2ccc(OCc3c(-c4c(Cl)cccc4Cl)noc3C(C)C)cc2)C=CC1=NC.CNC(=O)NS. The number of thiol groups is 1. The van der Waals surface area contributed by atoms with Crippen molar-refractivity contribution in [3.05, 3.63) is 99.3 Å². The highest BCUT2D eigenvalue weighted by molar-refractivity contribution is 7.78. The van der Waals surface area contributed by atoms with Crippen LogP contribution in [-0.2, 0) is 6.61 Å². The molecule has 0 fully saturated rings. The molecule has 10 heteroatoms. The van der Waals surface area contributed by atoms with Crippen molar-refractivity contribution in [3.8, 4) is 17.0 Å². The van der Waals surface area contributed by atoms with E-state index in [1.54, 1.807) is 25.2 Å². The second-order valence-electron chi connectivity index (χ2n) is 8.92. The van der Waals surface area contributed by atoms with Gasteiger partial charge in [-0.3, -0.25) is 9.71 Å². The summed E-state index contributed by atoms with van der Waals surface area (Å²) in [7, 11) is 3.32. The fourth-order valence-electron chi connectivity index (χ4n) is 3.96. The fraction of sp³-hybridized carbons (Fsp3) is 0.233. The van der Waals surface area contributed by atoms with Crippen LogP contribution in [0, 0.1) is 0 Å². The van der Waals surface area contributed by atoms with Gasteiger partial charge in [-0.05, 0) is 60.1 Å². The molecule has 2 N–H and O–H groups in total. The molecule has 0 saturated heterocycles. The maximum Gasteiger partial charge on any atom is 0.324 e. The van der Waals surface area contributed by atoms with E-state index >= 15 is 0 Å². The molecule has 4 rings (SSSR count). The number of rotatable bonds is 6. The topological polar surface area (TPSA) is 88.8 Å². The van der Waals surface area contributed by atoms with Crippen molar-refractivity contribution in [3.63, 3.8) is 0 Å². The first-order valence-corrected chi connectivity index (χ1v) is 13.7. The number of benzene rings is 2. The number of hydrogen-bond donors (Lipinski definition) is 3. The Balaban J connectivity index is 0.000000663. The zero-order valence-corrected chi connectivity index (χ0v) is 25.4. The molecule has 3 aromatic rings. The van der Waals surface area contributed by atoms with Crippen LogP contribution < -0.4 is 14.8 Å². The largest absolute Gasteiger partial charge is 0.489 e. The quantitative estimate of drug-likeness (QED) is 0.250.